The van der Waals surface area contributed by atoms with E-state index in [2.05, 4.69) is 5.32 Å². The second-order valence-electron chi connectivity index (χ2n) is 8.09. The van der Waals surface area contributed by atoms with Gasteiger partial charge in [0.05, 0.1) is 30.7 Å². The lowest BCUT2D eigenvalue weighted by molar-refractivity contribution is -0.132. The summed E-state index contributed by atoms with van der Waals surface area (Å²) in [6.07, 6.45) is 0.804. The van der Waals surface area contributed by atoms with Crippen molar-refractivity contribution in [3.8, 4) is 0 Å². The molecule has 0 aromatic heterocycles. The Labute approximate surface area is 198 Å². The lowest BCUT2D eigenvalue weighted by Crippen LogP contribution is -2.40. The average Bonchev–Trinajstić information content (AvgIpc) is 2.80. The summed E-state index contributed by atoms with van der Waals surface area (Å²) in [6, 6.07) is 11.8. The normalized spacial score (nSPS) is 19.1. The molecule has 1 N–H and O–H groups in total. The summed E-state index contributed by atoms with van der Waals surface area (Å²) >= 11 is 6.21. The van der Waals surface area contributed by atoms with Crippen LogP contribution in [0, 0.1) is 0 Å². The zero-order valence-corrected chi connectivity index (χ0v) is 19.9. The Bertz CT molecular complexity index is 1160. The highest BCUT2D eigenvalue weighted by molar-refractivity contribution is 7.89. The zero-order chi connectivity index (χ0) is 23.6. The van der Waals surface area contributed by atoms with Gasteiger partial charge in [-0.3, -0.25) is 9.59 Å². The van der Waals surface area contributed by atoms with Crippen LogP contribution in [0.25, 0.3) is 0 Å². The molecule has 2 heterocycles. The Morgan fingerprint density at radius 2 is 1.85 bits per heavy atom. The van der Waals surface area contributed by atoms with Crippen LogP contribution < -0.4 is 5.32 Å². The highest BCUT2D eigenvalue weighted by atomic mass is 35.5. The molecule has 0 saturated carbocycles. The predicted molar refractivity (Wildman–Crippen MR) is 125 cm³/mol. The van der Waals surface area contributed by atoms with Crippen LogP contribution in [-0.4, -0.2) is 62.3 Å². The quantitative estimate of drug-likeness (QED) is 0.693. The first kappa shape index (κ1) is 23.7. The number of hydrogen-bond donors (Lipinski definition) is 1. The number of nitrogens with zero attached hydrogens (tertiary/aromatic N) is 2. The molecule has 0 aliphatic carbocycles. The van der Waals surface area contributed by atoms with Crippen LogP contribution >= 0.6 is 11.6 Å². The molecule has 8 nitrogen and oxygen atoms in total. The molecular formula is C23H26ClN3O5S. The van der Waals surface area contributed by atoms with Crippen molar-refractivity contribution in [1.82, 2.24) is 9.21 Å². The van der Waals surface area contributed by atoms with Crippen molar-refractivity contribution in [1.29, 1.82) is 0 Å². The van der Waals surface area contributed by atoms with E-state index < -0.39 is 10.0 Å². The molecule has 2 aromatic carbocycles. The molecule has 2 aliphatic heterocycles. The fourth-order valence-electron chi connectivity index (χ4n) is 4.34. The molecule has 1 fully saturated rings. The van der Waals surface area contributed by atoms with E-state index in [1.165, 1.54) is 23.4 Å². The van der Waals surface area contributed by atoms with Crippen molar-refractivity contribution in [2.75, 3.05) is 38.2 Å². The number of nitrogens with one attached hydrogen (secondary N) is 1. The highest BCUT2D eigenvalue weighted by Gasteiger charge is 2.31. The Morgan fingerprint density at radius 1 is 1.12 bits per heavy atom. The number of rotatable bonds is 5. The van der Waals surface area contributed by atoms with Gasteiger partial charge in [-0.1, -0.05) is 35.9 Å². The molecule has 1 atom stereocenters. The van der Waals surface area contributed by atoms with E-state index in [-0.39, 0.29) is 47.3 Å². The minimum absolute atomic E-state index is 0.0581. The van der Waals surface area contributed by atoms with Gasteiger partial charge in [0, 0.05) is 32.2 Å². The van der Waals surface area contributed by atoms with Gasteiger partial charge in [0.1, 0.15) is 4.90 Å². The van der Waals surface area contributed by atoms with Gasteiger partial charge in [-0.15, -0.1) is 0 Å². The molecule has 0 radical (unpaired) electrons. The van der Waals surface area contributed by atoms with E-state index in [4.69, 9.17) is 16.3 Å². The number of halogens is 1. The molecule has 2 aliphatic rings. The van der Waals surface area contributed by atoms with Crippen molar-refractivity contribution < 1.29 is 22.7 Å². The molecule has 10 heteroatoms. The van der Waals surface area contributed by atoms with Crippen LogP contribution in [0.3, 0.4) is 0 Å². The fourth-order valence-corrected chi connectivity index (χ4v) is 6.25. The van der Waals surface area contributed by atoms with E-state index in [1.807, 2.05) is 24.3 Å². The molecule has 1 saturated heterocycles. The summed E-state index contributed by atoms with van der Waals surface area (Å²) in [5, 5.41) is 2.87. The summed E-state index contributed by atoms with van der Waals surface area (Å²) in [5.74, 6) is -0.410. The lowest BCUT2D eigenvalue weighted by atomic mass is 9.90. The van der Waals surface area contributed by atoms with Crippen molar-refractivity contribution in [3.05, 3.63) is 58.6 Å². The molecule has 0 bridgehead atoms. The predicted octanol–water partition coefficient (Wildman–Crippen LogP) is 2.84. The topological polar surface area (TPSA) is 96.0 Å². The number of sulfonamides is 1. The maximum absolute atomic E-state index is 13.0. The Kier molecular flexibility index (Phi) is 7.04. The van der Waals surface area contributed by atoms with E-state index in [0.717, 1.165) is 17.5 Å². The van der Waals surface area contributed by atoms with E-state index >= 15 is 0 Å². The second kappa shape index (κ2) is 9.80. The van der Waals surface area contributed by atoms with Gasteiger partial charge < -0.3 is 15.0 Å². The summed E-state index contributed by atoms with van der Waals surface area (Å²) in [7, 11) is -3.82. The smallest absolute Gasteiger partial charge is 0.244 e. The molecule has 2 aromatic rings. The fraction of sp³-hybridized carbons (Fsp3) is 0.391. The molecule has 1 unspecified atom stereocenters. The summed E-state index contributed by atoms with van der Waals surface area (Å²) in [6.45, 7) is 3.19. The lowest BCUT2D eigenvalue weighted by Gasteiger charge is -2.36. The van der Waals surface area contributed by atoms with Crippen molar-refractivity contribution in [2.24, 2.45) is 0 Å². The second-order valence-corrected chi connectivity index (χ2v) is 10.4. The van der Waals surface area contributed by atoms with Gasteiger partial charge in [-0.25, -0.2) is 8.42 Å². The SMILES string of the molecule is CC(=O)N1CCc2ccccc2C1CC(=O)Nc1ccc(Cl)c(S(=O)(=O)N2CCOCC2)c1. The summed E-state index contributed by atoms with van der Waals surface area (Å²) in [5.41, 5.74) is 2.41. The molecule has 4 rings (SSSR count). The van der Waals surface area contributed by atoms with Crippen LogP contribution in [0.5, 0.6) is 0 Å². The molecule has 33 heavy (non-hydrogen) atoms. The number of carbonyl (C=O) groups is 2. The largest absolute Gasteiger partial charge is 0.379 e. The van der Waals surface area contributed by atoms with Crippen molar-refractivity contribution >= 4 is 39.1 Å². The van der Waals surface area contributed by atoms with Gasteiger partial charge in [0.15, 0.2) is 0 Å². The molecular weight excluding hydrogens is 466 g/mol. The van der Waals surface area contributed by atoms with Crippen LogP contribution in [0.4, 0.5) is 5.69 Å². The number of morpholine rings is 1. The number of carbonyl (C=O) groups excluding carboxylic acids is 2. The minimum atomic E-state index is -3.82. The third-order valence-corrected chi connectivity index (χ3v) is 8.38. The number of benzene rings is 2. The number of fused-ring (bicyclic) bond motifs is 1. The third kappa shape index (κ3) is 5.06. The maximum atomic E-state index is 13.0. The van der Waals surface area contributed by atoms with Gasteiger partial charge in [0.25, 0.3) is 0 Å². The first-order chi connectivity index (χ1) is 15.8. The van der Waals surface area contributed by atoms with Crippen molar-refractivity contribution in [2.45, 2.75) is 30.7 Å². The van der Waals surface area contributed by atoms with Crippen molar-refractivity contribution in [3.63, 3.8) is 0 Å². The van der Waals surface area contributed by atoms with E-state index in [0.29, 0.717) is 25.4 Å². The molecule has 0 spiro atoms. The summed E-state index contributed by atoms with van der Waals surface area (Å²) in [4.78, 5) is 26.8. The Morgan fingerprint density at radius 3 is 2.58 bits per heavy atom. The third-order valence-electron chi connectivity index (χ3n) is 6.00. The minimum Gasteiger partial charge on any atom is -0.379 e. The Hall–Kier alpha value is -2.46. The number of anilines is 1. The molecule has 176 valence electrons. The Balaban J connectivity index is 1.54. The van der Waals surface area contributed by atoms with Crippen LogP contribution in [0.15, 0.2) is 47.4 Å². The van der Waals surface area contributed by atoms with E-state index in [1.54, 1.807) is 11.0 Å². The number of hydrogen-bond acceptors (Lipinski definition) is 5. The molecule has 2 amide bonds. The van der Waals surface area contributed by atoms with Crippen LogP contribution in [0.2, 0.25) is 5.02 Å². The first-order valence-corrected chi connectivity index (χ1v) is 12.6. The standard InChI is InChI=1S/C23H26ClN3O5S/c1-16(28)27-9-8-17-4-2-3-5-19(17)21(27)15-23(29)25-18-6-7-20(24)22(14-18)33(30,31)26-10-12-32-13-11-26/h2-7,14,21H,8-13,15H2,1H3,(H,25,29). The zero-order valence-electron chi connectivity index (χ0n) is 18.3. The maximum Gasteiger partial charge on any atom is 0.244 e. The number of ether oxygens (including phenoxy) is 1. The monoisotopic (exact) mass is 491 g/mol. The highest BCUT2D eigenvalue weighted by Crippen LogP contribution is 2.33. The average molecular weight is 492 g/mol. The van der Waals surface area contributed by atoms with Crippen LogP contribution in [0.1, 0.15) is 30.5 Å². The number of amides is 2. The van der Waals surface area contributed by atoms with Gasteiger partial charge in [0.2, 0.25) is 21.8 Å². The van der Waals surface area contributed by atoms with Gasteiger partial charge >= 0.3 is 0 Å². The summed E-state index contributed by atoms with van der Waals surface area (Å²) < 4.78 is 32.7. The first-order valence-electron chi connectivity index (χ1n) is 10.8. The van der Waals surface area contributed by atoms with Gasteiger partial charge in [-0.2, -0.15) is 4.31 Å². The van der Waals surface area contributed by atoms with Gasteiger partial charge in [-0.05, 0) is 35.7 Å². The van der Waals surface area contributed by atoms with Crippen LogP contribution in [-0.2, 0) is 30.8 Å². The van der Waals surface area contributed by atoms with E-state index in [9.17, 15) is 18.0 Å².